The van der Waals surface area contributed by atoms with Gasteiger partial charge in [0.05, 0.1) is 18.5 Å². The molecule has 0 unspecified atom stereocenters. The van der Waals surface area contributed by atoms with Gasteiger partial charge in [0.25, 0.3) is 5.91 Å². The van der Waals surface area contributed by atoms with E-state index in [9.17, 15) is 9.18 Å². The molecule has 1 aromatic carbocycles. The lowest BCUT2D eigenvalue weighted by Crippen LogP contribution is -2.22. The number of hydrogen-bond donors (Lipinski definition) is 1. The van der Waals surface area contributed by atoms with Crippen molar-refractivity contribution in [2.45, 2.75) is 19.9 Å². The Hall–Kier alpha value is -2.47. The molecular weight excluding hydrogens is 315 g/mol. The number of rotatable bonds is 5. The minimum Gasteiger partial charge on any atom is -0.459 e. The maximum Gasteiger partial charge on any atom is 0.287 e. The number of aromatic nitrogens is 1. The van der Waals surface area contributed by atoms with Gasteiger partial charge in [-0.15, -0.1) is 11.3 Å². The van der Waals surface area contributed by atoms with Crippen molar-refractivity contribution >= 4 is 17.2 Å². The highest BCUT2D eigenvalue weighted by molar-refractivity contribution is 7.11. The first-order chi connectivity index (χ1) is 11.1. The molecule has 0 radical (unpaired) electrons. The van der Waals surface area contributed by atoms with Gasteiger partial charge in [-0.2, -0.15) is 0 Å². The molecule has 23 heavy (non-hydrogen) atoms. The maximum atomic E-state index is 12.9. The lowest BCUT2D eigenvalue weighted by Gasteiger charge is -2.00. The summed E-state index contributed by atoms with van der Waals surface area (Å²) in [6, 6.07) is 9.73. The molecule has 0 aliphatic carbocycles. The number of thiazole rings is 1. The Bertz CT molecular complexity index is 795. The van der Waals surface area contributed by atoms with Gasteiger partial charge in [0.1, 0.15) is 10.8 Å². The summed E-state index contributed by atoms with van der Waals surface area (Å²) in [5.74, 6) is -0.219. The highest BCUT2D eigenvalue weighted by Crippen LogP contribution is 2.22. The number of carbonyl (C=O) groups excluding carboxylic acids is 1. The Labute approximate surface area is 137 Å². The number of amides is 1. The second-order valence-corrected chi connectivity index (χ2v) is 6.25. The number of hydrogen-bond acceptors (Lipinski definition) is 4. The van der Waals surface area contributed by atoms with E-state index in [0.717, 1.165) is 21.1 Å². The quantitative estimate of drug-likeness (QED) is 0.776. The highest BCUT2D eigenvalue weighted by atomic mass is 32.1. The Balaban J connectivity index is 1.64. The van der Waals surface area contributed by atoms with Crippen molar-refractivity contribution < 1.29 is 13.6 Å². The van der Waals surface area contributed by atoms with E-state index >= 15 is 0 Å². The van der Waals surface area contributed by atoms with Gasteiger partial charge < -0.3 is 9.73 Å². The van der Waals surface area contributed by atoms with Crippen molar-refractivity contribution in [3.63, 3.8) is 0 Å². The SMILES string of the molecule is Cc1nc(CNC(=O)c2ccco2)sc1Cc1ccc(F)cc1. The molecule has 118 valence electrons. The van der Waals surface area contributed by atoms with Crippen LogP contribution in [0.5, 0.6) is 0 Å². The van der Waals surface area contributed by atoms with Crippen molar-refractivity contribution in [2.24, 2.45) is 0 Å². The molecule has 3 aromatic rings. The van der Waals surface area contributed by atoms with Crippen molar-refractivity contribution in [1.29, 1.82) is 0 Å². The monoisotopic (exact) mass is 330 g/mol. The minimum atomic E-state index is -0.261. The fourth-order valence-electron chi connectivity index (χ4n) is 2.17. The van der Waals surface area contributed by atoms with Crippen LogP contribution in [0.4, 0.5) is 4.39 Å². The topological polar surface area (TPSA) is 55.1 Å². The number of aryl methyl sites for hydroxylation is 1. The summed E-state index contributed by atoms with van der Waals surface area (Å²) >= 11 is 1.55. The van der Waals surface area contributed by atoms with E-state index in [2.05, 4.69) is 10.3 Å². The first-order valence-corrected chi connectivity index (χ1v) is 7.95. The van der Waals surface area contributed by atoms with E-state index in [-0.39, 0.29) is 17.5 Å². The Kier molecular flexibility index (Phi) is 4.52. The summed E-state index contributed by atoms with van der Waals surface area (Å²) in [4.78, 5) is 17.4. The average molecular weight is 330 g/mol. The largest absolute Gasteiger partial charge is 0.459 e. The molecule has 0 atom stereocenters. The van der Waals surface area contributed by atoms with Crippen LogP contribution in [0.1, 0.15) is 31.7 Å². The van der Waals surface area contributed by atoms with Crippen molar-refractivity contribution in [2.75, 3.05) is 0 Å². The Morgan fingerprint density at radius 2 is 2.09 bits per heavy atom. The molecule has 0 saturated carbocycles. The molecule has 3 rings (SSSR count). The molecule has 2 heterocycles. The van der Waals surface area contributed by atoms with Crippen molar-refractivity contribution in [3.8, 4) is 0 Å². The summed E-state index contributed by atoms with van der Waals surface area (Å²) in [7, 11) is 0. The minimum absolute atomic E-state index is 0.240. The first-order valence-electron chi connectivity index (χ1n) is 7.13. The van der Waals surface area contributed by atoms with E-state index < -0.39 is 0 Å². The number of nitrogens with zero attached hydrogens (tertiary/aromatic N) is 1. The third kappa shape index (κ3) is 3.84. The van der Waals surface area contributed by atoms with Gasteiger partial charge in [0.2, 0.25) is 0 Å². The zero-order valence-corrected chi connectivity index (χ0v) is 13.3. The van der Waals surface area contributed by atoms with Gasteiger partial charge >= 0.3 is 0 Å². The number of benzene rings is 1. The van der Waals surface area contributed by atoms with E-state index in [1.54, 1.807) is 35.6 Å². The number of carbonyl (C=O) groups is 1. The maximum absolute atomic E-state index is 12.9. The second kappa shape index (κ2) is 6.75. The van der Waals surface area contributed by atoms with E-state index in [1.807, 2.05) is 6.92 Å². The normalized spacial score (nSPS) is 10.7. The van der Waals surface area contributed by atoms with Crippen LogP contribution in [0, 0.1) is 12.7 Å². The van der Waals surface area contributed by atoms with Crippen LogP contribution in [0.3, 0.4) is 0 Å². The molecule has 1 amide bonds. The molecule has 1 N–H and O–H groups in total. The van der Waals surface area contributed by atoms with Gasteiger partial charge in [-0.05, 0) is 36.8 Å². The number of furan rings is 1. The number of halogens is 1. The lowest BCUT2D eigenvalue weighted by atomic mass is 10.1. The molecule has 2 aromatic heterocycles. The van der Waals surface area contributed by atoms with Crippen LogP contribution in [0.15, 0.2) is 47.1 Å². The van der Waals surface area contributed by atoms with Gasteiger partial charge in [-0.25, -0.2) is 9.37 Å². The molecule has 0 aliphatic rings. The fraction of sp³-hybridized carbons (Fsp3) is 0.176. The van der Waals surface area contributed by atoms with Crippen LogP contribution < -0.4 is 5.32 Å². The van der Waals surface area contributed by atoms with E-state index in [0.29, 0.717) is 13.0 Å². The van der Waals surface area contributed by atoms with Crippen LogP contribution in [-0.2, 0) is 13.0 Å². The Morgan fingerprint density at radius 3 is 2.78 bits per heavy atom. The van der Waals surface area contributed by atoms with E-state index in [1.165, 1.54) is 18.4 Å². The lowest BCUT2D eigenvalue weighted by molar-refractivity contribution is 0.0923. The first kappa shape index (κ1) is 15.4. The molecule has 4 nitrogen and oxygen atoms in total. The van der Waals surface area contributed by atoms with Crippen LogP contribution >= 0.6 is 11.3 Å². The summed E-state index contributed by atoms with van der Waals surface area (Å²) < 4.78 is 18.0. The standard InChI is InChI=1S/C17H15FN2O2S/c1-11-15(9-12-4-6-13(18)7-5-12)23-16(20-11)10-19-17(21)14-3-2-8-22-14/h2-8H,9-10H2,1H3,(H,19,21). The van der Waals surface area contributed by atoms with Gasteiger partial charge in [0.15, 0.2) is 5.76 Å². The molecule has 0 aliphatic heterocycles. The Morgan fingerprint density at radius 1 is 1.30 bits per heavy atom. The number of nitrogens with one attached hydrogen (secondary N) is 1. The average Bonchev–Trinajstić information content (AvgIpc) is 3.18. The summed E-state index contributed by atoms with van der Waals surface area (Å²) in [5, 5.41) is 3.61. The highest BCUT2D eigenvalue weighted by Gasteiger charge is 2.12. The van der Waals surface area contributed by atoms with Crippen LogP contribution in [0.25, 0.3) is 0 Å². The van der Waals surface area contributed by atoms with Crippen molar-refractivity contribution in [3.05, 3.63) is 75.4 Å². The smallest absolute Gasteiger partial charge is 0.287 e. The second-order valence-electron chi connectivity index (χ2n) is 5.08. The summed E-state index contributed by atoms with van der Waals surface area (Å²) in [6.07, 6.45) is 2.17. The summed E-state index contributed by atoms with van der Waals surface area (Å²) in [5.41, 5.74) is 1.96. The van der Waals surface area contributed by atoms with Crippen LogP contribution in [0.2, 0.25) is 0 Å². The third-order valence-electron chi connectivity index (χ3n) is 3.36. The van der Waals surface area contributed by atoms with Gasteiger partial charge in [0, 0.05) is 11.3 Å². The zero-order chi connectivity index (χ0) is 16.2. The van der Waals surface area contributed by atoms with Crippen LogP contribution in [-0.4, -0.2) is 10.9 Å². The molecule has 0 spiro atoms. The molecule has 0 bridgehead atoms. The van der Waals surface area contributed by atoms with Gasteiger partial charge in [-0.1, -0.05) is 12.1 Å². The van der Waals surface area contributed by atoms with E-state index in [4.69, 9.17) is 4.42 Å². The third-order valence-corrected chi connectivity index (χ3v) is 4.52. The molecular formula is C17H15FN2O2S. The van der Waals surface area contributed by atoms with Crippen molar-refractivity contribution in [1.82, 2.24) is 10.3 Å². The predicted molar refractivity (Wildman–Crippen MR) is 85.9 cm³/mol. The fourth-order valence-corrected chi connectivity index (χ4v) is 3.21. The zero-order valence-electron chi connectivity index (χ0n) is 12.5. The summed E-state index contributed by atoms with van der Waals surface area (Å²) in [6.45, 7) is 2.29. The molecule has 0 saturated heterocycles. The predicted octanol–water partition coefficient (Wildman–Crippen LogP) is 3.70. The van der Waals surface area contributed by atoms with Gasteiger partial charge in [-0.3, -0.25) is 4.79 Å². The molecule has 0 fully saturated rings. The molecule has 6 heteroatoms.